The van der Waals surface area contributed by atoms with Gasteiger partial charge in [0, 0.05) is 12.7 Å². The summed E-state index contributed by atoms with van der Waals surface area (Å²) >= 11 is 0. The van der Waals surface area contributed by atoms with E-state index in [1.54, 1.807) is 29.4 Å². The molecule has 2 aromatic rings. The van der Waals surface area contributed by atoms with E-state index in [-0.39, 0.29) is 0 Å². The molecule has 0 radical (unpaired) electrons. The first-order valence-electron chi connectivity index (χ1n) is 9.67. The number of methoxy groups -OCH3 is 1. The average Bonchev–Trinajstić information content (AvgIpc) is 2.65. The Morgan fingerprint density at radius 1 is 0.840 bits per heavy atom. The zero-order valence-electron chi connectivity index (χ0n) is 15.5. The van der Waals surface area contributed by atoms with Crippen LogP contribution in [0.4, 0.5) is 0 Å². The molecular weight excluding hydrogens is 308 g/mol. The summed E-state index contributed by atoms with van der Waals surface area (Å²) < 4.78 is 11.1. The summed E-state index contributed by atoms with van der Waals surface area (Å²) in [7, 11) is 1.68. The number of rotatable bonds is 4. The summed E-state index contributed by atoms with van der Waals surface area (Å²) in [6.45, 7) is 2.47. The molecule has 0 amide bonds. The maximum absolute atomic E-state index is 5.96. The van der Waals surface area contributed by atoms with Crippen molar-refractivity contribution in [2.45, 2.75) is 58.3 Å². The molecule has 0 spiro atoms. The minimum atomic E-state index is 0.299. The van der Waals surface area contributed by atoms with Gasteiger partial charge in [0.05, 0.1) is 0 Å². The predicted molar refractivity (Wildman–Crippen MR) is 102 cm³/mol. The zero-order valence-corrected chi connectivity index (χ0v) is 15.5. The molecule has 4 rings (SSSR count). The van der Waals surface area contributed by atoms with Crippen LogP contribution in [0.5, 0.6) is 5.75 Å². The topological polar surface area (TPSA) is 18.5 Å². The van der Waals surface area contributed by atoms with Crippen molar-refractivity contribution in [2.24, 2.45) is 0 Å². The predicted octanol–water partition coefficient (Wildman–Crippen LogP) is 5.40. The molecule has 0 saturated carbocycles. The Kier molecular flexibility index (Phi) is 4.80. The van der Waals surface area contributed by atoms with Crippen molar-refractivity contribution in [3.63, 3.8) is 0 Å². The van der Waals surface area contributed by atoms with Crippen molar-refractivity contribution in [2.75, 3.05) is 13.9 Å². The molecule has 2 aromatic carbocycles. The smallest absolute Gasteiger partial charge is 0.188 e. The molecule has 0 heterocycles. The van der Waals surface area contributed by atoms with E-state index in [9.17, 15) is 0 Å². The fourth-order valence-corrected chi connectivity index (χ4v) is 4.55. The van der Waals surface area contributed by atoms with Crippen LogP contribution in [0.2, 0.25) is 0 Å². The summed E-state index contributed by atoms with van der Waals surface area (Å²) in [5, 5.41) is 0. The summed E-state index contributed by atoms with van der Waals surface area (Å²) in [5.74, 6) is 0.958. The lowest BCUT2D eigenvalue weighted by atomic mass is 9.77. The van der Waals surface area contributed by atoms with E-state index in [2.05, 4.69) is 31.2 Å². The summed E-state index contributed by atoms with van der Waals surface area (Å²) in [6, 6.07) is 9.08. The van der Waals surface area contributed by atoms with Crippen molar-refractivity contribution in [3.8, 4) is 16.9 Å². The van der Waals surface area contributed by atoms with E-state index in [4.69, 9.17) is 9.47 Å². The second-order valence-electron chi connectivity index (χ2n) is 7.49. The zero-order chi connectivity index (χ0) is 17.2. The third-order valence-corrected chi connectivity index (χ3v) is 5.71. The van der Waals surface area contributed by atoms with E-state index in [0.717, 1.165) is 5.75 Å². The number of hydrogen-bond acceptors (Lipinski definition) is 2. The fraction of sp³-hybridized carbons (Fsp3) is 0.478. The van der Waals surface area contributed by atoms with Crippen molar-refractivity contribution in [1.29, 1.82) is 0 Å². The highest BCUT2D eigenvalue weighted by Gasteiger charge is 2.24. The Labute approximate surface area is 151 Å². The highest BCUT2D eigenvalue weighted by Crippen LogP contribution is 2.43. The van der Waals surface area contributed by atoms with Gasteiger partial charge in [-0.3, -0.25) is 0 Å². The van der Waals surface area contributed by atoms with Gasteiger partial charge in [-0.1, -0.05) is 17.7 Å². The van der Waals surface area contributed by atoms with Gasteiger partial charge in [0.15, 0.2) is 6.79 Å². The lowest BCUT2D eigenvalue weighted by Gasteiger charge is -2.28. The first-order chi connectivity index (χ1) is 12.3. The Morgan fingerprint density at radius 3 is 2.12 bits per heavy atom. The molecule has 2 nitrogen and oxygen atoms in total. The summed E-state index contributed by atoms with van der Waals surface area (Å²) in [4.78, 5) is 0. The number of hydrogen-bond donors (Lipinski definition) is 0. The molecule has 0 fully saturated rings. The molecule has 2 aliphatic carbocycles. The molecule has 0 bridgehead atoms. The third-order valence-electron chi connectivity index (χ3n) is 5.71. The maximum atomic E-state index is 5.96. The second-order valence-corrected chi connectivity index (χ2v) is 7.49. The molecule has 25 heavy (non-hydrogen) atoms. The van der Waals surface area contributed by atoms with Gasteiger partial charge in [-0.25, -0.2) is 0 Å². The van der Waals surface area contributed by atoms with Crippen molar-refractivity contribution < 1.29 is 9.47 Å². The van der Waals surface area contributed by atoms with E-state index < -0.39 is 0 Å². The van der Waals surface area contributed by atoms with Crippen molar-refractivity contribution >= 4 is 0 Å². The molecule has 132 valence electrons. The van der Waals surface area contributed by atoms with Crippen LogP contribution in [0.3, 0.4) is 0 Å². The third kappa shape index (κ3) is 3.20. The fourth-order valence-electron chi connectivity index (χ4n) is 4.55. The summed E-state index contributed by atoms with van der Waals surface area (Å²) in [5.41, 5.74) is 10.4. The van der Waals surface area contributed by atoms with Crippen LogP contribution < -0.4 is 4.74 Å². The van der Waals surface area contributed by atoms with E-state index >= 15 is 0 Å². The molecule has 0 unspecified atom stereocenters. The highest BCUT2D eigenvalue weighted by molar-refractivity contribution is 5.79. The van der Waals surface area contributed by atoms with Crippen LogP contribution in [0.15, 0.2) is 24.3 Å². The second kappa shape index (κ2) is 7.21. The Balaban J connectivity index is 1.94. The lowest BCUT2D eigenvalue weighted by molar-refractivity contribution is 0.0515. The molecule has 0 saturated heterocycles. The molecule has 0 N–H and O–H groups in total. The molecule has 2 heteroatoms. The number of benzene rings is 2. The first kappa shape index (κ1) is 16.7. The Hall–Kier alpha value is -1.80. The first-order valence-corrected chi connectivity index (χ1v) is 9.67. The Bertz CT molecular complexity index is 742. The number of ether oxygens (including phenoxy) is 2. The maximum Gasteiger partial charge on any atom is 0.188 e. The standard InChI is InChI=1S/C23H28O2/c1-16-11-12-22(25-15-24-2)21(13-16)23-19-9-5-3-7-17(19)14-18-8-4-6-10-20(18)23/h11-14H,3-10,15H2,1-2H3. The minimum absolute atomic E-state index is 0.299. The summed E-state index contributed by atoms with van der Waals surface area (Å²) in [6.07, 6.45) is 10.1. The van der Waals surface area contributed by atoms with E-state index in [0.29, 0.717) is 6.79 Å². The van der Waals surface area contributed by atoms with Crippen LogP contribution in [-0.4, -0.2) is 13.9 Å². The van der Waals surface area contributed by atoms with Crippen LogP contribution in [0, 0.1) is 6.92 Å². The van der Waals surface area contributed by atoms with Gasteiger partial charge in [0.25, 0.3) is 0 Å². The van der Waals surface area contributed by atoms with Gasteiger partial charge in [0.2, 0.25) is 0 Å². The molecule has 0 aliphatic heterocycles. The largest absolute Gasteiger partial charge is 0.467 e. The van der Waals surface area contributed by atoms with Crippen molar-refractivity contribution in [3.05, 3.63) is 52.1 Å². The van der Waals surface area contributed by atoms with E-state index in [1.165, 1.54) is 68.1 Å². The number of aryl methyl sites for hydroxylation is 3. The molecule has 2 aliphatic rings. The highest BCUT2D eigenvalue weighted by atomic mass is 16.7. The molecule has 0 aromatic heterocycles. The minimum Gasteiger partial charge on any atom is -0.467 e. The van der Waals surface area contributed by atoms with Gasteiger partial charge < -0.3 is 9.47 Å². The van der Waals surface area contributed by atoms with Crippen LogP contribution in [0.1, 0.15) is 53.5 Å². The van der Waals surface area contributed by atoms with Gasteiger partial charge >= 0.3 is 0 Å². The monoisotopic (exact) mass is 336 g/mol. The van der Waals surface area contributed by atoms with Gasteiger partial charge in [0.1, 0.15) is 5.75 Å². The lowest BCUT2D eigenvalue weighted by Crippen LogP contribution is -2.13. The van der Waals surface area contributed by atoms with Crippen LogP contribution >= 0.6 is 0 Å². The SMILES string of the molecule is COCOc1ccc(C)cc1-c1c2c(cc3c1CCCC3)CCCC2. The number of fused-ring (bicyclic) bond motifs is 2. The van der Waals surface area contributed by atoms with Crippen LogP contribution in [-0.2, 0) is 30.4 Å². The normalized spacial score (nSPS) is 16.2. The molecule has 0 atom stereocenters. The van der Waals surface area contributed by atoms with E-state index in [1.807, 2.05) is 0 Å². The Morgan fingerprint density at radius 2 is 1.48 bits per heavy atom. The van der Waals surface area contributed by atoms with Gasteiger partial charge in [-0.05, 0) is 98.2 Å². The molecular formula is C23H28O2. The van der Waals surface area contributed by atoms with Gasteiger partial charge in [-0.2, -0.15) is 0 Å². The average molecular weight is 336 g/mol. The van der Waals surface area contributed by atoms with Crippen LogP contribution in [0.25, 0.3) is 11.1 Å². The quantitative estimate of drug-likeness (QED) is 0.696. The van der Waals surface area contributed by atoms with Gasteiger partial charge in [-0.15, -0.1) is 0 Å². The van der Waals surface area contributed by atoms with Crippen molar-refractivity contribution in [1.82, 2.24) is 0 Å².